The molecule has 5 nitrogen and oxygen atoms in total. The van der Waals surface area contributed by atoms with Gasteiger partial charge in [0.05, 0.1) is 11.6 Å². The Morgan fingerprint density at radius 3 is 2.71 bits per heavy atom. The zero-order chi connectivity index (χ0) is 13.3. The second-order valence-corrected chi connectivity index (χ2v) is 3.29. The molecule has 1 heterocycles. The highest BCUT2D eigenvalue weighted by Gasteiger charge is 2.29. The summed E-state index contributed by atoms with van der Waals surface area (Å²) in [5, 5.41) is 6.34. The highest BCUT2D eigenvalue weighted by molar-refractivity contribution is 6.10. The number of nitrogens with zero attached hydrogens (tertiary/aromatic N) is 1. The Kier molecular flexibility index (Phi) is 7.67. The largest absolute Gasteiger partial charge is 0.296 e. The molecule has 0 saturated carbocycles. The van der Waals surface area contributed by atoms with E-state index in [0.29, 0.717) is 19.3 Å². The minimum atomic E-state index is -0.292. The average Bonchev–Trinajstić information content (AvgIpc) is 2.34. The average molecular weight is 239 g/mol. The normalized spacial score (nSPS) is 19.9. The summed E-state index contributed by atoms with van der Waals surface area (Å²) in [6.45, 7) is 9.39. The maximum Gasteiger partial charge on any atom is 0.235 e. The van der Waals surface area contributed by atoms with Crippen LogP contribution >= 0.6 is 0 Å². The third-order valence-corrected chi connectivity index (χ3v) is 2.30. The third kappa shape index (κ3) is 4.80. The van der Waals surface area contributed by atoms with Crippen molar-refractivity contribution in [3.05, 3.63) is 12.8 Å². The summed E-state index contributed by atoms with van der Waals surface area (Å²) in [5.41, 5.74) is 3.37. The van der Waals surface area contributed by atoms with E-state index in [2.05, 4.69) is 22.4 Å². The van der Waals surface area contributed by atoms with Crippen LogP contribution in [0.1, 0.15) is 40.0 Å². The van der Waals surface area contributed by atoms with Crippen LogP contribution in [0.25, 0.3) is 0 Å². The summed E-state index contributed by atoms with van der Waals surface area (Å²) >= 11 is 0. The first-order chi connectivity index (χ1) is 8.19. The first kappa shape index (κ1) is 15.3. The van der Waals surface area contributed by atoms with Crippen LogP contribution in [0, 0.1) is 5.92 Å². The molecule has 0 aliphatic carbocycles. The number of nitrogens with one attached hydrogen (secondary N) is 2. The summed E-state index contributed by atoms with van der Waals surface area (Å²) in [5.74, 6) is -0.749. The predicted molar refractivity (Wildman–Crippen MR) is 68.3 cm³/mol. The number of hydrazone groups is 1. The van der Waals surface area contributed by atoms with Crippen molar-refractivity contribution in [3.8, 4) is 0 Å². The molecule has 96 valence electrons. The van der Waals surface area contributed by atoms with Crippen molar-refractivity contribution in [2.24, 2.45) is 11.0 Å². The number of carbonyl (C=O) groups is 2. The maximum absolute atomic E-state index is 11.5. The Morgan fingerprint density at radius 1 is 1.59 bits per heavy atom. The first-order valence-electron chi connectivity index (χ1n) is 5.95. The molecule has 17 heavy (non-hydrogen) atoms. The van der Waals surface area contributed by atoms with E-state index in [-0.39, 0.29) is 17.7 Å². The van der Waals surface area contributed by atoms with E-state index in [9.17, 15) is 9.59 Å². The molecule has 1 unspecified atom stereocenters. The molecule has 2 N–H and O–H groups in total. The third-order valence-electron chi connectivity index (χ3n) is 2.30. The Bertz CT molecular complexity index is 311. The van der Waals surface area contributed by atoms with Crippen LogP contribution in [0.2, 0.25) is 0 Å². The van der Waals surface area contributed by atoms with E-state index >= 15 is 0 Å². The molecule has 0 bridgehead atoms. The fourth-order valence-electron chi connectivity index (χ4n) is 1.54. The fraction of sp³-hybridized carbons (Fsp3) is 0.583. The highest BCUT2D eigenvalue weighted by Crippen LogP contribution is 2.15. The van der Waals surface area contributed by atoms with Gasteiger partial charge in [0.1, 0.15) is 0 Å². The van der Waals surface area contributed by atoms with E-state index in [1.807, 2.05) is 20.8 Å². The number of hydrogen-bond acceptors (Lipinski definition) is 4. The standard InChI is InChI=1S/C10H15N3O2.C2H6/c1-3-8(13-11-4-2)7-5-6-9(14)12-10(7)15;1-2/h4,7,11H,2-3,5-6H2,1H3,(H,12,14,15);1-2H3/b13-8+;. The first-order valence-corrected chi connectivity index (χ1v) is 5.95. The van der Waals surface area contributed by atoms with Crippen LogP contribution in [-0.4, -0.2) is 17.5 Å². The van der Waals surface area contributed by atoms with Gasteiger partial charge in [-0.05, 0) is 12.8 Å². The summed E-state index contributed by atoms with van der Waals surface area (Å²) < 4.78 is 0. The number of hydrogen-bond donors (Lipinski definition) is 2. The van der Waals surface area contributed by atoms with Crippen molar-refractivity contribution in [1.29, 1.82) is 0 Å². The molecular weight excluding hydrogens is 218 g/mol. The van der Waals surface area contributed by atoms with E-state index in [0.717, 1.165) is 5.71 Å². The molecule has 2 amide bonds. The number of imide groups is 1. The molecule has 0 spiro atoms. The lowest BCUT2D eigenvalue weighted by molar-refractivity contribution is -0.134. The number of carbonyl (C=O) groups excluding carboxylic acids is 2. The van der Waals surface area contributed by atoms with Crippen LogP contribution in [0.5, 0.6) is 0 Å². The molecule has 1 aliphatic heterocycles. The SMILES string of the molecule is C=CN/N=C(\CC)C1CCC(=O)NC1=O.CC. The van der Waals surface area contributed by atoms with Gasteiger partial charge in [-0.25, -0.2) is 0 Å². The van der Waals surface area contributed by atoms with Crippen LogP contribution in [0.15, 0.2) is 17.9 Å². The molecule has 0 aromatic heterocycles. The van der Waals surface area contributed by atoms with Crippen molar-refractivity contribution >= 4 is 17.5 Å². The monoisotopic (exact) mass is 239 g/mol. The van der Waals surface area contributed by atoms with Gasteiger partial charge in [0, 0.05) is 12.6 Å². The van der Waals surface area contributed by atoms with Gasteiger partial charge in [0.2, 0.25) is 11.8 Å². The molecule has 1 aliphatic rings. The van der Waals surface area contributed by atoms with Crippen molar-refractivity contribution in [3.63, 3.8) is 0 Å². The van der Waals surface area contributed by atoms with Crippen LogP contribution in [-0.2, 0) is 9.59 Å². The van der Waals surface area contributed by atoms with E-state index in [1.54, 1.807) is 0 Å². The zero-order valence-corrected chi connectivity index (χ0v) is 10.7. The van der Waals surface area contributed by atoms with Crippen LogP contribution in [0.3, 0.4) is 0 Å². The van der Waals surface area contributed by atoms with Gasteiger partial charge in [0.15, 0.2) is 0 Å². The number of rotatable bonds is 4. The van der Waals surface area contributed by atoms with Gasteiger partial charge in [-0.15, -0.1) is 0 Å². The smallest absolute Gasteiger partial charge is 0.235 e. The van der Waals surface area contributed by atoms with E-state index in [1.165, 1.54) is 6.20 Å². The molecule has 1 atom stereocenters. The van der Waals surface area contributed by atoms with Crippen molar-refractivity contribution in [1.82, 2.24) is 10.7 Å². The van der Waals surface area contributed by atoms with Crippen molar-refractivity contribution < 1.29 is 9.59 Å². The van der Waals surface area contributed by atoms with Gasteiger partial charge in [0.25, 0.3) is 0 Å². The lowest BCUT2D eigenvalue weighted by Gasteiger charge is -2.21. The van der Waals surface area contributed by atoms with Gasteiger partial charge >= 0.3 is 0 Å². The van der Waals surface area contributed by atoms with Crippen molar-refractivity contribution in [2.45, 2.75) is 40.0 Å². The minimum absolute atomic E-state index is 0.205. The molecule has 1 fully saturated rings. The van der Waals surface area contributed by atoms with E-state index < -0.39 is 0 Å². The highest BCUT2D eigenvalue weighted by atomic mass is 16.2. The number of piperidine rings is 1. The Hall–Kier alpha value is -1.65. The van der Waals surface area contributed by atoms with Gasteiger partial charge < -0.3 is 0 Å². The fourth-order valence-corrected chi connectivity index (χ4v) is 1.54. The lowest BCUT2D eigenvalue weighted by atomic mass is 9.92. The zero-order valence-electron chi connectivity index (χ0n) is 10.7. The predicted octanol–water partition coefficient (Wildman–Crippen LogP) is 1.56. The summed E-state index contributed by atoms with van der Waals surface area (Å²) in [6, 6.07) is 0. The quantitative estimate of drug-likeness (QED) is 0.444. The molecule has 0 radical (unpaired) electrons. The summed E-state index contributed by atoms with van der Waals surface area (Å²) in [7, 11) is 0. The van der Waals surface area contributed by atoms with Crippen LogP contribution < -0.4 is 10.7 Å². The topological polar surface area (TPSA) is 70.6 Å². The molecular formula is C12H21N3O2. The Balaban J connectivity index is 0.00000121. The van der Waals surface area contributed by atoms with Gasteiger partial charge in [-0.1, -0.05) is 27.4 Å². The maximum atomic E-state index is 11.5. The molecule has 5 heteroatoms. The second kappa shape index (κ2) is 8.50. The van der Waals surface area contributed by atoms with Crippen molar-refractivity contribution in [2.75, 3.05) is 0 Å². The van der Waals surface area contributed by atoms with Crippen LogP contribution in [0.4, 0.5) is 0 Å². The second-order valence-electron chi connectivity index (χ2n) is 3.29. The molecule has 0 aromatic rings. The minimum Gasteiger partial charge on any atom is -0.296 e. The molecule has 0 aromatic carbocycles. The van der Waals surface area contributed by atoms with Gasteiger partial charge in [-0.2, -0.15) is 5.10 Å². The van der Waals surface area contributed by atoms with E-state index in [4.69, 9.17) is 0 Å². The Labute approximate surface area is 102 Å². The summed E-state index contributed by atoms with van der Waals surface area (Å²) in [4.78, 5) is 22.4. The molecule has 1 saturated heterocycles. The Morgan fingerprint density at radius 2 is 2.24 bits per heavy atom. The lowest BCUT2D eigenvalue weighted by Crippen LogP contribution is -2.44. The molecule has 1 rings (SSSR count). The number of amides is 2. The summed E-state index contributed by atoms with van der Waals surface area (Å²) in [6.07, 6.45) is 3.04. The van der Waals surface area contributed by atoms with Gasteiger partial charge in [-0.3, -0.25) is 20.3 Å².